The number of benzene rings is 1. The van der Waals surface area contributed by atoms with Gasteiger partial charge in [-0.2, -0.15) is 11.8 Å². The van der Waals surface area contributed by atoms with Crippen molar-refractivity contribution < 1.29 is 4.74 Å². The molecule has 0 bridgehead atoms. The quantitative estimate of drug-likeness (QED) is 0.736. The van der Waals surface area contributed by atoms with Gasteiger partial charge in [-0.1, -0.05) is 22.9 Å². The third-order valence-electron chi connectivity index (χ3n) is 2.52. The molecule has 0 spiro atoms. The molecular formula is C15H24BrNOS. The highest BCUT2D eigenvalue weighted by molar-refractivity contribution is 9.10. The van der Waals surface area contributed by atoms with Gasteiger partial charge in [0.25, 0.3) is 0 Å². The summed E-state index contributed by atoms with van der Waals surface area (Å²) in [6.45, 7) is 10.3. The van der Waals surface area contributed by atoms with E-state index in [1.54, 1.807) is 0 Å². The molecule has 19 heavy (non-hydrogen) atoms. The minimum Gasteiger partial charge on any atom is -0.492 e. The number of halogens is 1. The maximum atomic E-state index is 5.88. The highest BCUT2D eigenvalue weighted by Crippen LogP contribution is 2.24. The summed E-state index contributed by atoms with van der Waals surface area (Å²) < 4.78 is 6.97. The summed E-state index contributed by atoms with van der Waals surface area (Å²) in [6.07, 6.45) is 0. The fourth-order valence-electron chi connectivity index (χ4n) is 1.54. The third kappa shape index (κ3) is 7.23. The SMILES string of the molecule is CCSCCOc1ccc(Br)cc1CNC(C)(C)C. The monoisotopic (exact) mass is 345 g/mol. The largest absolute Gasteiger partial charge is 0.492 e. The summed E-state index contributed by atoms with van der Waals surface area (Å²) in [7, 11) is 0. The number of thioether (sulfide) groups is 1. The van der Waals surface area contributed by atoms with E-state index < -0.39 is 0 Å². The molecule has 4 heteroatoms. The Morgan fingerprint density at radius 3 is 2.68 bits per heavy atom. The third-order valence-corrected chi connectivity index (χ3v) is 3.88. The van der Waals surface area contributed by atoms with E-state index in [4.69, 9.17) is 4.74 Å². The van der Waals surface area contributed by atoms with Crippen molar-refractivity contribution in [3.8, 4) is 5.75 Å². The zero-order valence-corrected chi connectivity index (χ0v) is 14.7. The van der Waals surface area contributed by atoms with Crippen molar-refractivity contribution in [1.82, 2.24) is 5.32 Å². The molecule has 1 aromatic carbocycles. The van der Waals surface area contributed by atoms with E-state index in [1.165, 1.54) is 5.56 Å². The Bertz CT molecular complexity index is 390. The molecule has 0 aliphatic carbocycles. The average molecular weight is 346 g/mol. The number of rotatable bonds is 7. The number of ether oxygens (including phenoxy) is 1. The number of hydrogen-bond donors (Lipinski definition) is 1. The fraction of sp³-hybridized carbons (Fsp3) is 0.600. The first-order valence-electron chi connectivity index (χ1n) is 6.66. The van der Waals surface area contributed by atoms with Crippen molar-refractivity contribution >= 4 is 27.7 Å². The molecule has 0 saturated carbocycles. The van der Waals surface area contributed by atoms with Crippen molar-refractivity contribution in [3.05, 3.63) is 28.2 Å². The van der Waals surface area contributed by atoms with Crippen molar-refractivity contribution in [2.75, 3.05) is 18.1 Å². The second-order valence-electron chi connectivity index (χ2n) is 5.40. The van der Waals surface area contributed by atoms with Crippen LogP contribution >= 0.6 is 27.7 Å². The van der Waals surface area contributed by atoms with Gasteiger partial charge in [0.2, 0.25) is 0 Å². The summed E-state index contributed by atoms with van der Waals surface area (Å²) in [5.41, 5.74) is 1.31. The van der Waals surface area contributed by atoms with Crippen LogP contribution in [-0.4, -0.2) is 23.7 Å². The Morgan fingerprint density at radius 2 is 2.05 bits per heavy atom. The molecule has 1 N–H and O–H groups in total. The molecule has 0 unspecified atom stereocenters. The maximum absolute atomic E-state index is 5.88. The van der Waals surface area contributed by atoms with Crippen molar-refractivity contribution in [1.29, 1.82) is 0 Å². The van der Waals surface area contributed by atoms with Gasteiger partial charge in [-0.25, -0.2) is 0 Å². The Labute approximate surface area is 129 Å². The minimum atomic E-state index is 0.109. The second kappa shape index (κ2) is 8.18. The van der Waals surface area contributed by atoms with E-state index in [0.29, 0.717) is 0 Å². The molecular weight excluding hydrogens is 322 g/mol. The molecule has 0 aliphatic rings. The zero-order chi connectivity index (χ0) is 14.3. The van der Waals surface area contributed by atoms with Crippen molar-refractivity contribution in [2.45, 2.75) is 39.8 Å². The lowest BCUT2D eigenvalue weighted by molar-refractivity contribution is 0.335. The Balaban J connectivity index is 2.63. The van der Waals surface area contributed by atoms with Crippen LogP contribution in [0.5, 0.6) is 5.75 Å². The predicted octanol–water partition coefficient (Wildman–Crippen LogP) is 4.47. The van der Waals surface area contributed by atoms with E-state index in [1.807, 2.05) is 23.9 Å². The normalized spacial score (nSPS) is 11.6. The molecule has 0 amide bonds. The molecule has 0 aromatic heterocycles. The Morgan fingerprint density at radius 1 is 1.32 bits per heavy atom. The van der Waals surface area contributed by atoms with Crippen LogP contribution in [0.3, 0.4) is 0 Å². The Kier molecular flexibility index (Phi) is 7.26. The first-order chi connectivity index (χ1) is 8.92. The lowest BCUT2D eigenvalue weighted by atomic mass is 10.1. The van der Waals surface area contributed by atoms with Crippen LogP contribution in [0.15, 0.2) is 22.7 Å². The van der Waals surface area contributed by atoms with Gasteiger partial charge >= 0.3 is 0 Å². The highest BCUT2D eigenvalue weighted by atomic mass is 79.9. The van der Waals surface area contributed by atoms with Crippen LogP contribution in [-0.2, 0) is 6.54 Å². The average Bonchev–Trinajstić information content (AvgIpc) is 2.33. The molecule has 2 nitrogen and oxygen atoms in total. The maximum Gasteiger partial charge on any atom is 0.123 e. The molecule has 0 atom stereocenters. The first-order valence-corrected chi connectivity index (χ1v) is 8.61. The van der Waals surface area contributed by atoms with E-state index in [0.717, 1.165) is 34.9 Å². The topological polar surface area (TPSA) is 21.3 Å². The van der Waals surface area contributed by atoms with Gasteiger partial charge in [0, 0.05) is 27.9 Å². The van der Waals surface area contributed by atoms with Gasteiger partial charge in [-0.15, -0.1) is 0 Å². The molecule has 1 rings (SSSR count). The lowest BCUT2D eigenvalue weighted by Crippen LogP contribution is -2.35. The van der Waals surface area contributed by atoms with E-state index in [2.05, 4.69) is 55.0 Å². The lowest BCUT2D eigenvalue weighted by Gasteiger charge is -2.22. The van der Waals surface area contributed by atoms with Crippen LogP contribution in [0.4, 0.5) is 0 Å². The van der Waals surface area contributed by atoms with Crippen LogP contribution in [0.1, 0.15) is 33.3 Å². The molecule has 1 aromatic rings. The predicted molar refractivity (Wildman–Crippen MR) is 89.2 cm³/mol. The van der Waals surface area contributed by atoms with E-state index in [9.17, 15) is 0 Å². The summed E-state index contributed by atoms with van der Waals surface area (Å²) >= 11 is 5.43. The van der Waals surface area contributed by atoms with Crippen LogP contribution in [0, 0.1) is 0 Å². The molecule has 0 fully saturated rings. The second-order valence-corrected chi connectivity index (χ2v) is 7.71. The summed E-state index contributed by atoms with van der Waals surface area (Å²) in [6, 6.07) is 6.20. The van der Waals surface area contributed by atoms with Crippen molar-refractivity contribution in [2.24, 2.45) is 0 Å². The van der Waals surface area contributed by atoms with E-state index in [-0.39, 0.29) is 5.54 Å². The standard InChI is InChI=1S/C15H24BrNOS/c1-5-19-9-8-18-14-7-6-13(16)10-12(14)11-17-15(2,3)4/h6-7,10,17H,5,8-9,11H2,1-4H3. The summed E-state index contributed by atoms with van der Waals surface area (Å²) in [4.78, 5) is 0. The van der Waals surface area contributed by atoms with Gasteiger partial charge in [0.1, 0.15) is 5.75 Å². The van der Waals surface area contributed by atoms with Gasteiger partial charge in [-0.3, -0.25) is 0 Å². The van der Waals surface area contributed by atoms with Crippen molar-refractivity contribution in [3.63, 3.8) is 0 Å². The van der Waals surface area contributed by atoms with E-state index >= 15 is 0 Å². The molecule has 108 valence electrons. The van der Waals surface area contributed by atoms with Gasteiger partial charge in [-0.05, 0) is 44.7 Å². The molecule has 0 heterocycles. The number of hydrogen-bond acceptors (Lipinski definition) is 3. The summed E-state index contributed by atoms with van der Waals surface area (Å²) in [5, 5.41) is 3.50. The zero-order valence-electron chi connectivity index (χ0n) is 12.3. The molecule has 0 radical (unpaired) electrons. The smallest absolute Gasteiger partial charge is 0.123 e. The van der Waals surface area contributed by atoms with Gasteiger partial charge in [0.15, 0.2) is 0 Å². The van der Waals surface area contributed by atoms with Crippen LogP contribution in [0.25, 0.3) is 0 Å². The molecule has 0 aliphatic heterocycles. The highest BCUT2D eigenvalue weighted by Gasteiger charge is 2.11. The van der Waals surface area contributed by atoms with Gasteiger partial charge in [0.05, 0.1) is 6.61 Å². The summed E-state index contributed by atoms with van der Waals surface area (Å²) in [5.74, 6) is 3.16. The minimum absolute atomic E-state index is 0.109. The first kappa shape index (κ1) is 16.9. The van der Waals surface area contributed by atoms with Crippen LogP contribution < -0.4 is 10.1 Å². The van der Waals surface area contributed by atoms with Crippen LogP contribution in [0.2, 0.25) is 0 Å². The fourth-order valence-corrected chi connectivity index (χ4v) is 2.44. The molecule has 0 saturated heterocycles. The number of nitrogens with one attached hydrogen (secondary N) is 1. The Hall–Kier alpha value is -0.190. The van der Waals surface area contributed by atoms with Gasteiger partial charge < -0.3 is 10.1 Å².